The molecule has 0 unspecified atom stereocenters. The van der Waals surface area contributed by atoms with Crippen LogP contribution in [0.2, 0.25) is 0 Å². The first-order valence-corrected chi connectivity index (χ1v) is 7.87. The van der Waals surface area contributed by atoms with E-state index >= 15 is 0 Å². The number of ether oxygens (including phenoxy) is 1. The molecule has 1 aliphatic carbocycles. The highest BCUT2D eigenvalue weighted by atomic mass is 16.6. The summed E-state index contributed by atoms with van der Waals surface area (Å²) in [7, 11) is 0. The molecular formula is C17H31NO4. The van der Waals surface area contributed by atoms with E-state index < -0.39 is 23.1 Å². The fraction of sp³-hybridized carbons (Fsp3) is 0.882. The van der Waals surface area contributed by atoms with Gasteiger partial charge >= 0.3 is 12.1 Å². The molecule has 1 aliphatic rings. The second-order valence-corrected chi connectivity index (χ2v) is 9.30. The van der Waals surface area contributed by atoms with Crippen molar-refractivity contribution >= 4 is 12.1 Å². The molecule has 0 heterocycles. The normalized spacial score (nSPS) is 22.7. The van der Waals surface area contributed by atoms with Crippen molar-refractivity contribution in [1.29, 1.82) is 0 Å². The number of aliphatic carboxylic acids is 1. The molecule has 0 aromatic heterocycles. The summed E-state index contributed by atoms with van der Waals surface area (Å²) in [6, 6.07) is 0. The number of amides is 1. The second kappa shape index (κ2) is 5.74. The van der Waals surface area contributed by atoms with Gasteiger partial charge in [-0.3, -0.25) is 4.79 Å². The van der Waals surface area contributed by atoms with Gasteiger partial charge in [0.05, 0.1) is 5.41 Å². The zero-order chi connectivity index (χ0) is 17.4. The van der Waals surface area contributed by atoms with Gasteiger partial charge in [-0.2, -0.15) is 0 Å². The van der Waals surface area contributed by atoms with Gasteiger partial charge in [0.25, 0.3) is 0 Å². The van der Waals surface area contributed by atoms with Crippen LogP contribution in [0.25, 0.3) is 0 Å². The number of alkyl carbamates (subject to hydrolysis) is 1. The van der Waals surface area contributed by atoms with Gasteiger partial charge in [0.15, 0.2) is 0 Å². The van der Waals surface area contributed by atoms with Gasteiger partial charge in [-0.25, -0.2) is 4.79 Å². The highest BCUT2D eigenvalue weighted by Crippen LogP contribution is 2.54. The first kappa shape index (κ1) is 18.8. The summed E-state index contributed by atoms with van der Waals surface area (Å²) in [5, 5.41) is 12.5. The average Bonchev–Trinajstić information content (AvgIpc) is 2.19. The zero-order valence-electron chi connectivity index (χ0n) is 15.0. The highest BCUT2D eigenvalue weighted by Gasteiger charge is 2.52. The van der Waals surface area contributed by atoms with E-state index in [0.717, 1.165) is 6.42 Å². The van der Waals surface area contributed by atoms with Crippen LogP contribution >= 0.6 is 0 Å². The van der Waals surface area contributed by atoms with Crippen molar-refractivity contribution in [2.24, 2.45) is 16.2 Å². The lowest BCUT2D eigenvalue weighted by atomic mass is 9.55. The molecule has 0 aromatic carbocycles. The molecule has 2 N–H and O–H groups in total. The molecule has 128 valence electrons. The van der Waals surface area contributed by atoms with Crippen molar-refractivity contribution in [2.75, 3.05) is 6.54 Å². The van der Waals surface area contributed by atoms with Gasteiger partial charge in [0.1, 0.15) is 5.60 Å². The Morgan fingerprint density at radius 2 is 1.50 bits per heavy atom. The van der Waals surface area contributed by atoms with E-state index in [-0.39, 0.29) is 17.4 Å². The van der Waals surface area contributed by atoms with E-state index in [4.69, 9.17) is 4.74 Å². The van der Waals surface area contributed by atoms with Crippen LogP contribution in [0.4, 0.5) is 4.79 Å². The molecule has 0 saturated heterocycles. The summed E-state index contributed by atoms with van der Waals surface area (Å²) >= 11 is 0. The van der Waals surface area contributed by atoms with Crippen molar-refractivity contribution in [3.8, 4) is 0 Å². The topological polar surface area (TPSA) is 75.6 Å². The van der Waals surface area contributed by atoms with Gasteiger partial charge in [-0.15, -0.1) is 0 Å². The van der Waals surface area contributed by atoms with E-state index in [2.05, 4.69) is 33.0 Å². The molecule has 0 bridgehead atoms. The summed E-state index contributed by atoms with van der Waals surface area (Å²) in [4.78, 5) is 23.8. The molecule has 5 nitrogen and oxygen atoms in total. The number of nitrogens with one attached hydrogen (secondary N) is 1. The maximum absolute atomic E-state index is 12.0. The van der Waals surface area contributed by atoms with E-state index in [1.165, 1.54) is 0 Å². The van der Waals surface area contributed by atoms with Gasteiger partial charge in [0, 0.05) is 6.54 Å². The molecule has 5 heteroatoms. The molecule has 1 amide bonds. The van der Waals surface area contributed by atoms with E-state index in [0.29, 0.717) is 12.8 Å². The number of rotatable bonds is 3. The highest BCUT2D eigenvalue weighted by molar-refractivity contribution is 5.77. The van der Waals surface area contributed by atoms with Gasteiger partial charge in [0.2, 0.25) is 0 Å². The lowest BCUT2D eigenvalue weighted by molar-refractivity contribution is -0.157. The number of carbonyl (C=O) groups is 2. The Morgan fingerprint density at radius 3 is 1.86 bits per heavy atom. The molecule has 0 radical (unpaired) electrons. The minimum Gasteiger partial charge on any atom is -0.481 e. The predicted octanol–water partition coefficient (Wildman–Crippen LogP) is 3.82. The molecule has 0 atom stereocenters. The van der Waals surface area contributed by atoms with Crippen LogP contribution in [0.3, 0.4) is 0 Å². The Balaban J connectivity index is 2.89. The summed E-state index contributed by atoms with van der Waals surface area (Å²) in [5.74, 6) is -0.843. The summed E-state index contributed by atoms with van der Waals surface area (Å²) in [6.45, 7) is 13.8. The molecule has 1 saturated carbocycles. The number of hydrogen-bond donors (Lipinski definition) is 2. The first-order valence-electron chi connectivity index (χ1n) is 7.87. The van der Waals surface area contributed by atoms with E-state index in [1.54, 1.807) is 20.8 Å². The van der Waals surface area contributed by atoms with Gasteiger partial charge in [-0.05, 0) is 50.9 Å². The Morgan fingerprint density at radius 1 is 1.05 bits per heavy atom. The zero-order valence-corrected chi connectivity index (χ0v) is 15.0. The first-order chi connectivity index (χ1) is 9.67. The summed E-state index contributed by atoms with van der Waals surface area (Å²) < 4.78 is 5.21. The standard InChI is InChI=1S/C17H31NO4/c1-14(2,3)22-13(21)18-11-17(12(19)20)9-15(4,5)8-16(6,7)10-17/h8-11H2,1-7H3,(H,18,21)(H,19,20). The van der Waals surface area contributed by atoms with Crippen molar-refractivity contribution < 1.29 is 19.4 Å². The fourth-order valence-electron chi connectivity index (χ4n) is 4.22. The maximum atomic E-state index is 12.0. The lowest BCUT2D eigenvalue weighted by Crippen LogP contribution is -2.52. The molecule has 1 rings (SSSR count). The molecule has 1 fully saturated rings. The third-order valence-electron chi connectivity index (χ3n) is 4.01. The van der Waals surface area contributed by atoms with Crippen LogP contribution in [0.1, 0.15) is 67.7 Å². The Labute approximate surface area is 133 Å². The largest absolute Gasteiger partial charge is 0.481 e. The van der Waals surface area contributed by atoms with Crippen LogP contribution in [-0.2, 0) is 9.53 Å². The fourth-order valence-corrected chi connectivity index (χ4v) is 4.22. The maximum Gasteiger partial charge on any atom is 0.407 e. The summed E-state index contributed by atoms with van der Waals surface area (Å²) in [5.41, 5.74) is -1.68. The molecule has 0 spiro atoms. The third kappa shape index (κ3) is 5.18. The third-order valence-corrected chi connectivity index (χ3v) is 4.01. The van der Waals surface area contributed by atoms with Crippen LogP contribution in [0.15, 0.2) is 0 Å². The van der Waals surface area contributed by atoms with Crippen molar-refractivity contribution in [2.45, 2.75) is 73.3 Å². The molecule has 22 heavy (non-hydrogen) atoms. The minimum atomic E-state index is -0.942. The Hall–Kier alpha value is -1.26. The average molecular weight is 313 g/mol. The molecular weight excluding hydrogens is 282 g/mol. The number of carboxylic acid groups (broad SMARTS) is 1. The Bertz CT molecular complexity index is 430. The van der Waals surface area contributed by atoms with E-state index in [9.17, 15) is 14.7 Å². The SMILES string of the molecule is CC1(C)CC(C)(C)CC(CNC(=O)OC(C)(C)C)(C(=O)O)C1. The number of carboxylic acids is 1. The quantitative estimate of drug-likeness (QED) is 0.830. The van der Waals surface area contributed by atoms with E-state index in [1.807, 2.05) is 0 Å². The van der Waals surface area contributed by atoms with Crippen molar-refractivity contribution in [3.05, 3.63) is 0 Å². The van der Waals surface area contributed by atoms with Crippen LogP contribution in [-0.4, -0.2) is 29.3 Å². The Kier molecular flexibility index (Phi) is 4.91. The monoisotopic (exact) mass is 313 g/mol. The second-order valence-electron chi connectivity index (χ2n) is 9.30. The van der Waals surface area contributed by atoms with Crippen molar-refractivity contribution in [1.82, 2.24) is 5.32 Å². The smallest absolute Gasteiger partial charge is 0.407 e. The number of carbonyl (C=O) groups excluding carboxylic acids is 1. The van der Waals surface area contributed by atoms with Crippen molar-refractivity contribution in [3.63, 3.8) is 0 Å². The minimum absolute atomic E-state index is 0.0737. The molecule has 0 aromatic rings. The summed E-state index contributed by atoms with van der Waals surface area (Å²) in [6.07, 6.45) is 1.51. The van der Waals surface area contributed by atoms with Crippen LogP contribution < -0.4 is 5.32 Å². The predicted molar refractivity (Wildman–Crippen MR) is 85.7 cm³/mol. The van der Waals surface area contributed by atoms with Gasteiger partial charge < -0.3 is 15.2 Å². The van der Waals surface area contributed by atoms with Crippen LogP contribution in [0, 0.1) is 16.2 Å². The number of hydrogen-bond acceptors (Lipinski definition) is 3. The lowest BCUT2D eigenvalue weighted by Gasteiger charge is -2.50. The van der Waals surface area contributed by atoms with Gasteiger partial charge in [-0.1, -0.05) is 27.7 Å². The molecule has 0 aliphatic heterocycles. The van der Waals surface area contributed by atoms with Crippen LogP contribution in [0.5, 0.6) is 0 Å².